The van der Waals surface area contributed by atoms with Crippen LogP contribution in [0.3, 0.4) is 0 Å². The first kappa shape index (κ1) is 22.7. The first-order chi connectivity index (χ1) is 15.2. The summed E-state index contributed by atoms with van der Waals surface area (Å²) in [5.74, 6) is 0.370. The molecule has 0 bridgehead atoms. The fraction of sp³-hybridized carbons (Fsp3) is 0.409. The second kappa shape index (κ2) is 9.15. The van der Waals surface area contributed by atoms with Crippen LogP contribution in [-0.2, 0) is 19.0 Å². The van der Waals surface area contributed by atoms with Gasteiger partial charge in [0.2, 0.25) is 0 Å². The number of aromatic amines is 1. The standard InChI is InChI=1S/C22H22ClF4N5/c1-12-6-14(18(24)10-16(12)13-2-4-28-5-3-13)7-21-29-11-17(23)19(30-21)8-15-9-20(32-31-15)22(25,26)27/h6,9-11,13,28H,2-5,7-8H2,1H3,(H,31,32). The van der Waals surface area contributed by atoms with Crippen molar-refractivity contribution in [3.05, 3.63) is 74.8 Å². The topological polar surface area (TPSA) is 66.5 Å². The van der Waals surface area contributed by atoms with E-state index in [1.165, 1.54) is 6.20 Å². The Morgan fingerprint density at radius 3 is 2.56 bits per heavy atom. The zero-order valence-corrected chi connectivity index (χ0v) is 18.1. The Hall–Kier alpha value is -2.52. The van der Waals surface area contributed by atoms with E-state index >= 15 is 0 Å². The number of piperidine rings is 1. The van der Waals surface area contributed by atoms with Crippen molar-refractivity contribution < 1.29 is 17.6 Å². The van der Waals surface area contributed by atoms with Gasteiger partial charge in [-0.3, -0.25) is 5.10 Å². The fourth-order valence-electron chi connectivity index (χ4n) is 4.07. The molecule has 1 saturated heterocycles. The Morgan fingerprint density at radius 1 is 1.12 bits per heavy atom. The third-order valence-corrected chi connectivity index (χ3v) is 6.02. The molecule has 0 radical (unpaired) electrons. The van der Waals surface area contributed by atoms with Gasteiger partial charge in [-0.15, -0.1) is 0 Å². The molecular weight excluding hydrogens is 446 g/mol. The normalized spacial score (nSPS) is 15.3. The maximum absolute atomic E-state index is 14.9. The molecule has 0 aliphatic carbocycles. The molecule has 10 heteroatoms. The van der Waals surface area contributed by atoms with Crippen LogP contribution >= 0.6 is 11.6 Å². The van der Waals surface area contributed by atoms with Crippen molar-refractivity contribution in [1.29, 1.82) is 0 Å². The molecule has 3 aromatic rings. The Labute approximate surface area is 187 Å². The molecule has 5 nitrogen and oxygen atoms in total. The van der Waals surface area contributed by atoms with Gasteiger partial charge in [0.15, 0.2) is 5.69 Å². The number of halogens is 5. The van der Waals surface area contributed by atoms with Crippen molar-refractivity contribution in [3.63, 3.8) is 0 Å². The van der Waals surface area contributed by atoms with E-state index in [0.717, 1.165) is 43.1 Å². The van der Waals surface area contributed by atoms with Crippen LogP contribution in [0, 0.1) is 12.7 Å². The van der Waals surface area contributed by atoms with E-state index in [0.29, 0.717) is 23.0 Å². The molecule has 2 N–H and O–H groups in total. The van der Waals surface area contributed by atoms with Gasteiger partial charge < -0.3 is 5.32 Å². The molecule has 32 heavy (non-hydrogen) atoms. The molecule has 4 rings (SSSR count). The lowest BCUT2D eigenvalue weighted by Gasteiger charge is -2.25. The molecule has 1 aliphatic heterocycles. The SMILES string of the molecule is Cc1cc(Cc2ncc(Cl)c(Cc3cc(C(F)(F)F)n[nH]3)n2)c(F)cc1C1CCNCC1. The summed E-state index contributed by atoms with van der Waals surface area (Å²) < 4.78 is 53.2. The van der Waals surface area contributed by atoms with Crippen molar-refractivity contribution in [1.82, 2.24) is 25.5 Å². The zero-order valence-electron chi connectivity index (χ0n) is 17.4. The number of hydrogen-bond donors (Lipinski definition) is 2. The highest BCUT2D eigenvalue weighted by atomic mass is 35.5. The van der Waals surface area contributed by atoms with Crippen LogP contribution in [0.2, 0.25) is 5.02 Å². The van der Waals surface area contributed by atoms with Crippen molar-refractivity contribution in [2.45, 2.75) is 44.7 Å². The monoisotopic (exact) mass is 467 g/mol. The average Bonchev–Trinajstić information content (AvgIpc) is 3.23. The van der Waals surface area contributed by atoms with E-state index in [9.17, 15) is 17.6 Å². The lowest BCUT2D eigenvalue weighted by Crippen LogP contribution is -2.27. The fourth-order valence-corrected chi connectivity index (χ4v) is 4.22. The van der Waals surface area contributed by atoms with E-state index in [1.54, 1.807) is 6.07 Å². The van der Waals surface area contributed by atoms with Crippen molar-refractivity contribution >= 4 is 11.6 Å². The number of nitrogens with zero attached hydrogens (tertiary/aromatic N) is 3. The number of rotatable bonds is 5. The lowest BCUT2D eigenvalue weighted by molar-refractivity contribution is -0.141. The van der Waals surface area contributed by atoms with Gasteiger partial charge in [0.1, 0.15) is 11.6 Å². The second-order valence-corrected chi connectivity index (χ2v) is 8.44. The molecule has 0 spiro atoms. The highest BCUT2D eigenvalue weighted by molar-refractivity contribution is 6.31. The highest BCUT2D eigenvalue weighted by Crippen LogP contribution is 2.31. The summed E-state index contributed by atoms with van der Waals surface area (Å²) in [6.07, 6.45) is -1.02. The Kier molecular flexibility index (Phi) is 6.48. The van der Waals surface area contributed by atoms with Crippen LogP contribution in [0.1, 0.15) is 58.4 Å². The van der Waals surface area contributed by atoms with E-state index in [1.807, 2.05) is 13.0 Å². The summed E-state index contributed by atoms with van der Waals surface area (Å²) in [4.78, 5) is 8.55. The Balaban J connectivity index is 1.54. The average molecular weight is 468 g/mol. The maximum atomic E-state index is 14.9. The quantitative estimate of drug-likeness (QED) is 0.520. The third kappa shape index (κ3) is 5.10. The van der Waals surface area contributed by atoms with E-state index in [4.69, 9.17) is 11.6 Å². The van der Waals surface area contributed by atoms with Gasteiger partial charge in [-0.1, -0.05) is 17.7 Å². The Morgan fingerprint density at radius 2 is 1.88 bits per heavy atom. The molecule has 0 amide bonds. The predicted molar refractivity (Wildman–Crippen MR) is 112 cm³/mol. The third-order valence-electron chi connectivity index (χ3n) is 5.71. The second-order valence-electron chi connectivity index (χ2n) is 8.04. The maximum Gasteiger partial charge on any atom is 0.435 e. The number of alkyl halides is 3. The smallest absolute Gasteiger partial charge is 0.317 e. The summed E-state index contributed by atoms with van der Waals surface area (Å²) in [7, 11) is 0. The number of aryl methyl sites for hydroxylation is 1. The highest BCUT2D eigenvalue weighted by Gasteiger charge is 2.33. The van der Waals surface area contributed by atoms with E-state index in [-0.39, 0.29) is 29.4 Å². The minimum absolute atomic E-state index is 0.0214. The summed E-state index contributed by atoms with van der Waals surface area (Å²) in [6.45, 7) is 3.83. The van der Waals surface area contributed by atoms with Gasteiger partial charge in [0.25, 0.3) is 0 Å². The molecule has 1 aliphatic rings. The summed E-state index contributed by atoms with van der Waals surface area (Å²) in [5, 5.41) is 9.17. The van der Waals surface area contributed by atoms with E-state index < -0.39 is 11.9 Å². The van der Waals surface area contributed by atoms with Crippen LogP contribution < -0.4 is 5.32 Å². The largest absolute Gasteiger partial charge is 0.435 e. The van der Waals surface area contributed by atoms with Crippen molar-refractivity contribution in [3.8, 4) is 0 Å². The van der Waals surface area contributed by atoms with Crippen molar-refractivity contribution in [2.75, 3.05) is 13.1 Å². The molecule has 1 aromatic carbocycles. The number of benzene rings is 1. The molecule has 3 heterocycles. The molecular formula is C22H22ClF4N5. The number of nitrogens with one attached hydrogen (secondary N) is 2. The zero-order chi connectivity index (χ0) is 22.9. The molecule has 0 unspecified atom stereocenters. The lowest BCUT2D eigenvalue weighted by atomic mass is 9.86. The van der Waals surface area contributed by atoms with Crippen LogP contribution in [0.25, 0.3) is 0 Å². The van der Waals surface area contributed by atoms with Gasteiger partial charge in [0, 0.05) is 24.7 Å². The van der Waals surface area contributed by atoms with Crippen LogP contribution in [-0.4, -0.2) is 33.3 Å². The first-order valence-corrected chi connectivity index (χ1v) is 10.7. The van der Waals surface area contributed by atoms with Gasteiger partial charge in [-0.2, -0.15) is 18.3 Å². The number of hydrogen-bond acceptors (Lipinski definition) is 4. The van der Waals surface area contributed by atoms with Crippen molar-refractivity contribution in [2.24, 2.45) is 0 Å². The Bertz CT molecular complexity index is 1110. The van der Waals surface area contributed by atoms with Gasteiger partial charge in [0.05, 0.1) is 10.7 Å². The van der Waals surface area contributed by atoms with Gasteiger partial charge in [-0.05, 0) is 67.6 Å². The van der Waals surface area contributed by atoms with Gasteiger partial charge >= 0.3 is 6.18 Å². The summed E-state index contributed by atoms with van der Waals surface area (Å²) >= 11 is 6.15. The van der Waals surface area contributed by atoms with Crippen LogP contribution in [0.4, 0.5) is 17.6 Å². The summed E-state index contributed by atoms with van der Waals surface area (Å²) in [6, 6.07) is 4.36. The van der Waals surface area contributed by atoms with E-state index in [2.05, 4.69) is 25.5 Å². The number of H-pyrrole nitrogens is 1. The minimum Gasteiger partial charge on any atom is -0.317 e. The minimum atomic E-state index is -4.54. The van der Waals surface area contributed by atoms with Crippen LogP contribution in [0.15, 0.2) is 24.4 Å². The van der Waals surface area contributed by atoms with Crippen LogP contribution in [0.5, 0.6) is 0 Å². The molecule has 0 atom stereocenters. The predicted octanol–water partition coefficient (Wildman–Crippen LogP) is 4.97. The first-order valence-electron chi connectivity index (χ1n) is 10.3. The summed E-state index contributed by atoms with van der Waals surface area (Å²) in [5.41, 5.74) is 2.08. The number of aromatic nitrogens is 4. The molecule has 1 fully saturated rings. The molecule has 2 aromatic heterocycles. The molecule has 170 valence electrons. The molecule has 0 saturated carbocycles. The van der Waals surface area contributed by atoms with Gasteiger partial charge in [-0.25, -0.2) is 14.4 Å².